The predicted octanol–water partition coefficient (Wildman–Crippen LogP) is 2.96. The quantitative estimate of drug-likeness (QED) is 0.843. The van der Waals surface area contributed by atoms with Crippen LogP contribution in [0.2, 0.25) is 0 Å². The van der Waals surface area contributed by atoms with Gasteiger partial charge < -0.3 is 4.84 Å². The fourth-order valence-corrected chi connectivity index (χ4v) is 2.16. The number of hydrogen-bond acceptors (Lipinski definition) is 2. The third-order valence-corrected chi connectivity index (χ3v) is 3.16. The Morgan fingerprint density at radius 2 is 1.90 bits per heavy atom. The average Bonchev–Trinajstić information content (AvgIpc) is 2.45. The smallest absolute Gasteiger partial charge is 0.286 e. The van der Waals surface area contributed by atoms with E-state index in [1.54, 1.807) is 12.1 Å². The lowest BCUT2D eigenvalue weighted by Gasteiger charge is -2.27. The van der Waals surface area contributed by atoms with Gasteiger partial charge in [-0.1, -0.05) is 18.2 Å². The summed E-state index contributed by atoms with van der Waals surface area (Å²) < 4.78 is 26.3. The van der Waals surface area contributed by atoms with Crippen LogP contribution in [0.3, 0.4) is 0 Å². The standard InChI is InChI=1S/C15H11F2NO2/c16-11-5-6-14(13(17)9-11)20-18-8-7-10-3-1-2-4-12(10)15(18)19/h1-6,9H,7-8H2. The fourth-order valence-electron chi connectivity index (χ4n) is 2.16. The van der Waals surface area contributed by atoms with E-state index in [-0.39, 0.29) is 11.7 Å². The molecule has 0 aromatic heterocycles. The van der Waals surface area contributed by atoms with E-state index in [4.69, 9.17) is 4.84 Å². The summed E-state index contributed by atoms with van der Waals surface area (Å²) in [7, 11) is 0. The monoisotopic (exact) mass is 275 g/mol. The zero-order valence-corrected chi connectivity index (χ0v) is 10.5. The number of nitrogens with zero attached hydrogens (tertiary/aromatic N) is 1. The number of amides is 1. The van der Waals surface area contributed by atoms with Crippen molar-refractivity contribution in [2.45, 2.75) is 6.42 Å². The van der Waals surface area contributed by atoms with Crippen molar-refractivity contribution in [1.82, 2.24) is 5.06 Å². The minimum atomic E-state index is -0.836. The van der Waals surface area contributed by atoms with Crippen molar-refractivity contribution in [3.8, 4) is 5.75 Å². The second-order valence-corrected chi connectivity index (χ2v) is 4.48. The maximum Gasteiger partial charge on any atom is 0.286 e. The largest absolute Gasteiger partial charge is 0.373 e. The number of fused-ring (bicyclic) bond motifs is 1. The average molecular weight is 275 g/mol. The van der Waals surface area contributed by atoms with Crippen molar-refractivity contribution in [3.63, 3.8) is 0 Å². The summed E-state index contributed by atoms with van der Waals surface area (Å²) in [5.74, 6) is -2.02. The van der Waals surface area contributed by atoms with Crippen molar-refractivity contribution in [2.24, 2.45) is 0 Å². The Morgan fingerprint density at radius 1 is 1.10 bits per heavy atom. The summed E-state index contributed by atoms with van der Waals surface area (Å²) in [6.45, 7) is 0.326. The van der Waals surface area contributed by atoms with Crippen LogP contribution in [0, 0.1) is 11.6 Å². The second kappa shape index (κ2) is 4.92. The van der Waals surface area contributed by atoms with Crippen LogP contribution in [-0.2, 0) is 6.42 Å². The van der Waals surface area contributed by atoms with E-state index in [2.05, 4.69) is 0 Å². The highest BCUT2D eigenvalue weighted by Gasteiger charge is 2.26. The number of halogens is 2. The predicted molar refractivity (Wildman–Crippen MR) is 68.2 cm³/mol. The first kappa shape index (κ1) is 12.6. The van der Waals surface area contributed by atoms with Crippen LogP contribution in [0.5, 0.6) is 5.75 Å². The van der Waals surface area contributed by atoms with Crippen LogP contribution in [0.25, 0.3) is 0 Å². The molecule has 3 nitrogen and oxygen atoms in total. The molecule has 0 aliphatic carbocycles. The van der Waals surface area contributed by atoms with Gasteiger partial charge in [0.2, 0.25) is 0 Å². The highest BCUT2D eigenvalue weighted by molar-refractivity contribution is 5.96. The second-order valence-electron chi connectivity index (χ2n) is 4.48. The van der Waals surface area contributed by atoms with Gasteiger partial charge in [-0.15, -0.1) is 0 Å². The maximum atomic E-state index is 13.5. The molecule has 0 saturated carbocycles. The van der Waals surface area contributed by atoms with Crippen LogP contribution in [0.1, 0.15) is 15.9 Å². The summed E-state index contributed by atoms with van der Waals surface area (Å²) in [6, 6.07) is 10.2. The Hall–Kier alpha value is -2.43. The highest BCUT2D eigenvalue weighted by atomic mass is 19.1. The van der Waals surface area contributed by atoms with Gasteiger partial charge in [0.1, 0.15) is 5.82 Å². The van der Waals surface area contributed by atoms with E-state index in [1.165, 1.54) is 6.07 Å². The molecule has 1 amide bonds. The van der Waals surface area contributed by atoms with Crippen molar-refractivity contribution in [2.75, 3.05) is 6.54 Å². The Labute approximate surface area is 114 Å². The molecule has 0 N–H and O–H groups in total. The van der Waals surface area contributed by atoms with Gasteiger partial charge in [-0.2, -0.15) is 5.06 Å². The zero-order valence-electron chi connectivity index (χ0n) is 10.5. The fraction of sp³-hybridized carbons (Fsp3) is 0.133. The molecule has 2 aromatic rings. The first-order valence-corrected chi connectivity index (χ1v) is 6.18. The van der Waals surface area contributed by atoms with Crippen molar-refractivity contribution < 1.29 is 18.4 Å². The molecule has 3 rings (SSSR count). The number of carbonyl (C=O) groups is 1. The van der Waals surface area contributed by atoms with E-state index in [0.717, 1.165) is 22.8 Å². The first-order valence-electron chi connectivity index (χ1n) is 6.18. The van der Waals surface area contributed by atoms with Gasteiger partial charge >= 0.3 is 0 Å². The van der Waals surface area contributed by atoms with Crippen LogP contribution in [0.15, 0.2) is 42.5 Å². The number of hydrogen-bond donors (Lipinski definition) is 0. The minimum Gasteiger partial charge on any atom is -0.373 e. The molecule has 5 heteroatoms. The number of carbonyl (C=O) groups excluding carboxylic acids is 1. The third-order valence-electron chi connectivity index (χ3n) is 3.16. The molecule has 0 atom stereocenters. The van der Waals surface area contributed by atoms with Gasteiger partial charge in [0.05, 0.1) is 6.54 Å². The van der Waals surface area contributed by atoms with E-state index < -0.39 is 11.6 Å². The molecule has 0 fully saturated rings. The molecule has 1 heterocycles. The molecule has 0 spiro atoms. The summed E-state index contributed by atoms with van der Waals surface area (Å²) in [6.07, 6.45) is 0.630. The molecule has 1 aliphatic rings. The summed E-state index contributed by atoms with van der Waals surface area (Å²) in [5, 5.41) is 1.10. The van der Waals surface area contributed by atoms with Gasteiger partial charge in [-0.05, 0) is 30.2 Å². The SMILES string of the molecule is O=C1c2ccccc2CCN1Oc1ccc(F)cc1F. The van der Waals surface area contributed by atoms with Crippen molar-refractivity contribution in [3.05, 3.63) is 65.2 Å². The molecule has 0 bridgehead atoms. The number of hydroxylamine groups is 2. The Balaban J connectivity index is 1.85. The molecular formula is C15H11F2NO2. The van der Waals surface area contributed by atoms with E-state index >= 15 is 0 Å². The molecular weight excluding hydrogens is 264 g/mol. The lowest BCUT2D eigenvalue weighted by molar-refractivity contribution is -0.0379. The molecule has 0 unspecified atom stereocenters. The lowest BCUT2D eigenvalue weighted by Crippen LogP contribution is -2.40. The minimum absolute atomic E-state index is 0.167. The van der Waals surface area contributed by atoms with Crippen LogP contribution in [-0.4, -0.2) is 17.5 Å². The van der Waals surface area contributed by atoms with Crippen LogP contribution in [0.4, 0.5) is 8.78 Å². The Bertz CT molecular complexity index is 673. The zero-order chi connectivity index (χ0) is 14.1. The van der Waals surface area contributed by atoms with E-state index in [9.17, 15) is 13.6 Å². The summed E-state index contributed by atoms with van der Waals surface area (Å²) in [5.41, 5.74) is 1.48. The Morgan fingerprint density at radius 3 is 2.70 bits per heavy atom. The normalized spacial score (nSPS) is 14.1. The van der Waals surface area contributed by atoms with Gasteiger partial charge in [0.15, 0.2) is 11.6 Å². The number of rotatable bonds is 2. The van der Waals surface area contributed by atoms with E-state index in [0.29, 0.717) is 18.5 Å². The molecule has 2 aromatic carbocycles. The molecule has 0 radical (unpaired) electrons. The molecule has 1 aliphatic heterocycles. The van der Waals surface area contributed by atoms with Gasteiger partial charge in [0.25, 0.3) is 5.91 Å². The highest BCUT2D eigenvalue weighted by Crippen LogP contribution is 2.23. The van der Waals surface area contributed by atoms with Gasteiger partial charge in [-0.3, -0.25) is 4.79 Å². The van der Waals surface area contributed by atoms with Gasteiger partial charge in [-0.25, -0.2) is 8.78 Å². The Kier molecular flexibility index (Phi) is 3.10. The topological polar surface area (TPSA) is 29.5 Å². The third kappa shape index (κ3) is 2.22. The molecule has 102 valence electrons. The lowest BCUT2D eigenvalue weighted by atomic mass is 10.0. The van der Waals surface area contributed by atoms with Crippen LogP contribution < -0.4 is 4.84 Å². The van der Waals surface area contributed by atoms with Gasteiger partial charge in [0, 0.05) is 11.6 Å². The summed E-state index contributed by atoms with van der Waals surface area (Å²) in [4.78, 5) is 17.5. The number of benzene rings is 2. The van der Waals surface area contributed by atoms with Crippen molar-refractivity contribution in [1.29, 1.82) is 0 Å². The molecule has 0 saturated heterocycles. The molecule has 20 heavy (non-hydrogen) atoms. The van der Waals surface area contributed by atoms with E-state index in [1.807, 2.05) is 12.1 Å². The maximum absolute atomic E-state index is 13.5. The summed E-state index contributed by atoms with van der Waals surface area (Å²) >= 11 is 0. The van der Waals surface area contributed by atoms with Crippen LogP contribution >= 0.6 is 0 Å². The first-order chi connectivity index (χ1) is 9.65. The van der Waals surface area contributed by atoms with Crippen molar-refractivity contribution >= 4 is 5.91 Å².